The molecule has 0 saturated heterocycles. The minimum atomic E-state index is -0.239. The van der Waals surface area contributed by atoms with Crippen LogP contribution in [0.4, 0.5) is 4.39 Å². The number of hydrogen-bond acceptors (Lipinski definition) is 0. The van der Waals surface area contributed by atoms with Gasteiger partial charge in [0.05, 0.1) is 4.47 Å². The third-order valence-corrected chi connectivity index (χ3v) is 2.67. The molecule has 0 radical (unpaired) electrons. The van der Waals surface area contributed by atoms with E-state index in [2.05, 4.69) is 20.9 Å². The minimum absolute atomic E-state index is 0.239. The van der Waals surface area contributed by atoms with Crippen molar-refractivity contribution >= 4 is 15.9 Å². The van der Waals surface area contributed by atoms with Crippen LogP contribution in [0.25, 0.3) is 11.3 Å². The summed E-state index contributed by atoms with van der Waals surface area (Å²) in [7, 11) is 0. The van der Waals surface area contributed by atoms with Crippen LogP contribution in [-0.2, 0) is 0 Å². The molecular formula is C11H9BrFN. The van der Waals surface area contributed by atoms with Crippen LogP contribution in [0.3, 0.4) is 0 Å². The molecule has 14 heavy (non-hydrogen) atoms. The van der Waals surface area contributed by atoms with Crippen molar-refractivity contribution in [2.75, 3.05) is 0 Å². The number of halogens is 2. The molecule has 2 rings (SSSR count). The number of aromatic nitrogens is 1. The lowest BCUT2D eigenvalue weighted by Crippen LogP contribution is -1.80. The van der Waals surface area contributed by atoms with E-state index in [0.29, 0.717) is 4.47 Å². The maximum Gasteiger partial charge on any atom is 0.137 e. The lowest BCUT2D eigenvalue weighted by atomic mass is 10.1. The summed E-state index contributed by atoms with van der Waals surface area (Å²) in [5.74, 6) is -0.239. The molecule has 0 bridgehead atoms. The minimum Gasteiger partial charge on any atom is -0.361 e. The van der Waals surface area contributed by atoms with Crippen molar-refractivity contribution in [2.24, 2.45) is 0 Å². The molecular weight excluding hydrogens is 245 g/mol. The van der Waals surface area contributed by atoms with E-state index in [1.807, 2.05) is 19.2 Å². The van der Waals surface area contributed by atoms with Crippen molar-refractivity contribution in [3.63, 3.8) is 0 Å². The van der Waals surface area contributed by atoms with Gasteiger partial charge in [-0.3, -0.25) is 0 Å². The Morgan fingerprint density at radius 1 is 1.29 bits per heavy atom. The second-order valence-corrected chi connectivity index (χ2v) is 4.07. The van der Waals surface area contributed by atoms with Crippen LogP contribution in [-0.4, -0.2) is 4.98 Å². The molecule has 0 unspecified atom stereocenters. The number of rotatable bonds is 1. The number of nitrogens with one attached hydrogen (secondary N) is 1. The SMILES string of the molecule is Cc1c[nH]c(-c2ccc(F)c(Br)c2)c1. The summed E-state index contributed by atoms with van der Waals surface area (Å²) >= 11 is 3.16. The second-order valence-electron chi connectivity index (χ2n) is 3.22. The summed E-state index contributed by atoms with van der Waals surface area (Å²) in [6.07, 6.45) is 1.92. The van der Waals surface area contributed by atoms with Gasteiger partial charge in [-0.1, -0.05) is 0 Å². The fraction of sp³-hybridized carbons (Fsp3) is 0.0909. The Hall–Kier alpha value is -1.09. The average molecular weight is 254 g/mol. The van der Waals surface area contributed by atoms with Gasteiger partial charge in [0.1, 0.15) is 5.82 Å². The molecule has 1 aromatic carbocycles. The average Bonchev–Trinajstić information content (AvgIpc) is 2.57. The molecule has 1 aromatic heterocycles. The summed E-state index contributed by atoms with van der Waals surface area (Å²) in [5, 5.41) is 0. The highest BCUT2D eigenvalue weighted by Gasteiger charge is 2.03. The van der Waals surface area contributed by atoms with Gasteiger partial charge >= 0.3 is 0 Å². The Morgan fingerprint density at radius 2 is 2.07 bits per heavy atom. The first kappa shape index (κ1) is 9.46. The Kier molecular flexibility index (Phi) is 2.42. The van der Waals surface area contributed by atoms with E-state index in [0.717, 1.165) is 11.3 Å². The number of aryl methyl sites for hydroxylation is 1. The number of H-pyrrole nitrogens is 1. The highest BCUT2D eigenvalue weighted by Crippen LogP contribution is 2.24. The van der Waals surface area contributed by atoms with Gasteiger partial charge in [0.15, 0.2) is 0 Å². The maximum absolute atomic E-state index is 13.0. The van der Waals surface area contributed by atoms with Crippen molar-refractivity contribution < 1.29 is 4.39 Å². The van der Waals surface area contributed by atoms with Crippen molar-refractivity contribution in [3.8, 4) is 11.3 Å². The zero-order valence-electron chi connectivity index (χ0n) is 7.64. The van der Waals surface area contributed by atoms with E-state index in [4.69, 9.17) is 0 Å². The first-order chi connectivity index (χ1) is 6.66. The molecule has 0 aliphatic heterocycles. The Balaban J connectivity index is 2.47. The molecule has 1 heterocycles. The molecule has 1 N–H and O–H groups in total. The zero-order valence-corrected chi connectivity index (χ0v) is 9.23. The van der Waals surface area contributed by atoms with Gasteiger partial charge in [-0.25, -0.2) is 4.39 Å². The Morgan fingerprint density at radius 3 is 2.64 bits per heavy atom. The fourth-order valence-corrected chi connectivity index (χ4v) is 1.71. The van der Waals surface area contributed by atoms with E-state index in [1.54, 1.807) is 12.1 Å². The highest BCUT2D eigenvalue weighted by atomic mass is 79.9. The van der Waals surface area contributed by atoms with E-state index in [9.17, 15) is 4.39 Å². The van der Waals surface area contributed by atoms with Crippen LogP contribution in [0, 0.1) is 12.7 Å². The second kappa shape index (κ2) is 3.58. The van der Waals surface area contributed by atoms with Crippen LogP contribution in [0.1, 0.15) is 5.56 Å². The summed E-state index contributed by atoms with van der Waals surface area (Å²) in [4.78, 5) is 3.13. The number of aromatic amines is 1. The monoisotopic (exact) mass is 253 g/mol. The fourth-order valence-electron chi connectivity index (χ4n) is 1.33. The normalized spacial score (nSPS) is 10.5. The molecule has 0 spiro atoms. The third kappa shape index (κ3) is 1.73. The molecule has 0 atom stereocenters. The van der Waals surface area contributed by atoms with Gasteiger partial charge in [0, 0.05) is 11.9 Å². The van der Waals surface area contributed by atoms with E-state index >= 15 is 0 Å². The van der Waals surface area contributed by atoms with Crippen LogP contribution < -0.4 is 0 Å². The molecule has 0 aliphatic carbocycles. The first-order valence-corrected chi connectivity index (χ1v) is 5.06. The molecule has 3 heteroatoms. The largest absolute Gasteiger partial charge is 0.361 e. The Labute approximate surface area is 90.1 Å². The lowest BCUT2D eigenvalue weighted by molar-refractivity contribution is 0.621. The summed E-state index contributed by atoms with van der Waals surface area (Å²) in [6, 6.07) is 7.00. The molecule has 0 amide bonds. The van der Waals surface area contributed by atoms with Crippen molar-refractivity contribution in [2.45, 2.75) is 6.92 Å². The van der Waals surface area contributed by atoms with Gasteiger partial charge in [0.25, 0.3) is 0 Å². The van der Waals surface area contributed by atoms with E-state index < -0.39 is 0 Å². The summed E-state index contributed by atoms with van der Waals surface area (Å²) < 4.78 is 13.5. The standard InChI is InChI=1S/C11H9BrFN/c1-7-4-11(14-6-7)8-2-3-10(13)9(12)5-8/h2-6,14H,1H3. The smallest absolute Gasteiger partial charge is 0.137 e. The quantitative estimate of drug-likeness (QED) is 0.794. The zero-order chi connectivity index (χ0) is 10.1. The predicted molar refractivity (Wildman–Crippen MR) is 58.6 cm³/mol. The highest BCUT2D eigenvalue weighted by molar-refractivity contribution is 9.10. The van der Waals surface area contributed by atoms with Gasteiger partial charge in [-0.2, -0.15) is 0 Å². The van der Waals surface area contributed by atoms with Gasteiger partial charge in [-0.15, -0.1) is 0 Å². The van der Waals surface area contributed by atoms with Crippen molar-refractivity contribution in [1.82, 2.24) is 4.98 Å². The summed E-state index contributed by atoms with van der Waals surface area (Å²) in [5.41, 5.74) is 3.15. The van der Waals surface area contributed by atoms with Crippen LogP contribution in [0.2, 0.25) is 0 Å². The molecule has 0 aliphatic rings. The van der Waals surface area contributed by atoms with Gasteiger partial charge in [-0.05, 0) is 58.2 Å². The van der Waals surface area contributed by atoms with Gasteiger partial charge < -0.3 is 4.98 Å². The lowest BCUT2D eigenvalue weighted by Gasteiger charge is -1.99. The Bertz CT molecular complexity index is 462. The van der Waals surface area contributed by atoms with E-state index in [-0.39, 0.29) is 5.82 Å². The molecule has 0 fully saturated rings. The van der Waals surface area contributed by atoms with Crippen molar-refractivity contribution in [1.29, 1.82) is 0 Å². The molecule has 2 aromatic rings. The van der Waals surface area contributed by atoms with Crippen LogP contribution >= 0.6 is 15.9 Å². The van der Waals surface area contributed by atoms with E-state index in [1.165, 1.54) is 11.6 Å². The molecule has 1 nitrogen and oxygen atoms in total. The molecule has 72 valence electrons. The van der Waals surface area contributed by atoms with Crippen LogP contribution in [0.15, 0.2) is 34.9 Å². The first-order valence-electron chi connectivity index (χ1n) is 4.27. The van der Waals surface area contributed by atoms with Gasteiger partial charge in [0.2, 0.25) is 0 Å². The predicted octanol–water partition coefficient (Wildman–Crippen LogP) is 3.89. The number of hydrogen-bond donors (Lipinski definition) is 1. The number of benzene rings is 1. The third-order valence-electron chi connectivity index (χ3n) is 2.06. The summed E-state index contributed by atoms with van der Waals surface area (Å²) in [6.45, 7) is 2.01. The van der Waals surface area contributed by atoms with Crippen molar-refractivity contribution in [3.05, 3.63) is 46.3 Å². The molecule has 0 saturated carbocycles. The van der Waals surface area contributed by atoms with Crippen LogP contribution in [0.5, 0.6) is 0 Å². The maximum atomic E-state index is 13.0. The topological polar surface area (TPSA) is 15.8 Å².